The zero-order valence-corrected chi connectivity index (χ0v) is 20.2. The van der Waals surface area contributed by atoms with Gasteiger partial charge in [-0.2, -0.15) is 5.10 Å². The number of nitrogens with zero attached hydrogens (tertiary/aromatic N) is 5. The standard InChI is InChI=1S/C25H25N7O2S/c1-15(22-11-26-5-6-33-22)34-21-8-16(17-10-30-32(2)12-17)7-20-24(21)25(28-13-27-20)31-18-3-4-19-23(9-18)35-14-29-19/h3-4,7-10,12-15,22,26H,5-6,11H2,1-2H3,(H,27,28,31). The summed E-state index contributed by atoms with van der Waals surface area (Å²) in [6.07, 6.45) is 5.18. The van der Waals surface area contributed by atoms with Crippen molar-refractivity contribution in [3.05, 3.63) is 54.6 Å². The van der Waals surface area contributed by atoms with Crippen molar-refractivity contribution in [1.82, 2.24) is 30.0 Å². The number of thiazole rings is 1. The number of morpholine rings is 1. The third-order valence-corrected chi connectivity index (χ3v) is 6.92. The second kappa shape index (κ2) is 9.21. The highest BCUT2D eigenvalue weighted by Crippen LogP contribution is 2.37. The summed E-state index contributed by atoms with van der Waals surface area (Å²) in [6, 6.07) is 10.2. The predicted molar refractivity (Wildman–Crippen MR) is 137 cm³/mol. The van der Waals surface area contributed by atoms with Crippen molar-refractivity contribution < 1.29 is 9.47 Å². The molecule has 0 bridgehead atoms. The minimum atomic E-state index is -0.170. The van der Waals surface area contributed by atoms with Crippen LogP contribution in [0.5, 0.6) is 5.75 Å². The second-order valence-electron chi connectivity index (χ2n) is 8.59. The van der Waals surface area contributed by atoms with Gasteiger partial charge in [0.05, 0.1) is 39.4 Å². The highest BCUT2D eigenvalue weighted by molar-refractivity contribution is 7.16. The molecular formula is C25H25N7O2S. The number of benzene rings is 2. The molecule has 0 radical (unpaired) electrons. The van der Waals surface area contributed by atoms with E-state index in [9.17, 15) is 0 Å². The van der Waals surface area contributed by atoms with Gasteiger partial charge in [-0.05, 0) is 42.8 Å². The molecule has 1 aliphatic rings. The van der Waals surface area contributed by atoms with E-state index in [0.717, 1.165) is 51.0 Å². The molecule has 35 heavy (non-hydrogen) atoms. The van der Waals surface area contributed by atoms with Crippen LogP contribution in [0, 0.1) is 0 Å². The van der Waals surface area contributed by atoms with E-state index in [1.807, 2.05) is 56.1 Å². The average Bonchev–Trinajstić information content (AvgIpc) is 3.53. The maximum Gasteiger partial charge on any atom is 0.145 e. The Hall–Kier alpha value is -3.60. The molecule has 1 aliphatic heterocycles. The van der Waals surface area contributed by atoms with E-state index in [0.29, 0.717) is 18.2 Å². The summed E-state index contributed by atoms with van der Waals surface area (Å²) < 4.78 is 15.4. The van der Waals surface area contributed by atoms with Gasteiger partial charge in [-0.25, -0.2) is 15.0 Å². The van der Waals surface area contributed by atoms with E-state index in [1.165, 1.54) is 0 Å². The number of rotatable bonds is 6. The first kappa shape index (κ1) is 21.9. The van der Waals surface area contributed by atoms with E-state index in [-0.39, 0.29) is 12.2 Å². The van der Waals surface area contributed by atoms with Crippen LogP contribution in [-0.4, -0.2) is 56.6 Å². The molecule has 6 rings (SSSR count). The fourth-order valence-corrected chi connectivity index (χ4v) is 5.03. The van der Waals surface area contributed by atoms with Gasteiger partial charge in [0.1, 0.15) is 30.1 Å². The van der Waals surface area contributed by atoms with Crippen LogP contribution in [0.1, 0.15) is 6.92 Å². The summed E-state index contributed by atoms with van der Waals surface area (Å²) in [6.45, 7) is 4.31. The molecular weight excluding hydrogens is 462 g/mol. The molecule has 0 spiro atoms. The highest BCUT2D eigenvalue weighted by Gasteiger charge is 2.24. The maximum atomic E-state index is 6.55. The summed E-state index contributed by atoms with van der Waals surface area (Å²) in [5.74, 6) is 1.38. The van der Waals surface area contributed by atoms with Crippen LogP contribution in [0.4, 0.5) is 11.5 Å². The Labute approximate surface area is 206 Å². The Morgan fingerprint density at radius 2 is 2.11 bits per heavy atom. The number of hydrogen-bond acceptors (Lipinski definition) is 9. The number of aryl methyl sites for hydroxylation is 1. The Bertz CT molecular complexity index is 1490. The van der Waals surface area contributed by atoms with E-state index in [1.54, 1.807) is 22.3 Å². The van der Waals surface area contributed by atoms with Gasteiger partial charge in [0, 0.05) is 37.6 Å². The van der Waals surface area contributed by atoms with Gasteiger partial charge in [0.25, 0.3) is 0 Å². The Balaban J connectivity index is 1.43. The minimum Gasteiger partial charge on any atom is -0.487 e. The first-order valence-electron chi connectivity index (χ1n) is 11.5. The smallest absolute Gasteiger partial charge is 0.145 e. The second-order valence-corrected chi connectivity index (χ2v) is 9.48. The predicted octanol–water partition coefficient (Wildman–Crippen LogP) is 4.14. The molecule has 2 atom stereocenters. The van der Waals surface area contributed by atoms with E-state index in [2.05, 4.69) is 36.8 Å². The molecule has 9 nitrogen and oxygen atoms in total. The van der Waals surface area contributed by atoms with Crippen LogP contribution < -0.4 is 15.4 Å². The van der Waals surface area contributed by atoms with Crippen molar-refractivity contribution in [3.8, 4) is 16.9 Å². The van der Waals surface area contributed by atoms with Gasteiger partial charge in [0.15, 0.2) is 0 Å². The Morgan fingerprint density at radius 1 is 1.17 bits per heavy atom. The van der Waals surface area contributed by atoms with Crippen molar-refractivity contribution in [2.75, 3.05) is 25.0 Å². The number of nitrogens with one attached hydrogen (secondary N) is 2. The lowest BCUT2D eigenvalue weighted by atomic mass is 10.1. The van der Waals surface area contributed by atoms with Crippen LogP contribution in [0.25, 0.3) is 32.2 Å². The van der Waals surface area contributed by atoms with Gasteiger partial charge >= 0.3 is 0 Å². The third kappa shape index (κ3) is 4.43. The molecule has 0 saturated carbocycles. The first-order valence-corrected chi connectivity index (χ1v) is 12.4. The van der Waals surface area contributed by atoms with Crippen LogP contribution >= 0.6 is 11.3 Å². The molecule has 4 heterocycles. The summed E-state index contributed by atoms with van der Waals surface area (Å²) in [5.41, 5.74) is 6.51. The largest absolute Gasteiger partial charge is 0.487 e. The monoisotopic (exact) mass is 487 g/mol. The highest BCUT2D eigenvalue weighted by atomic mass is 32.1. The number of anilines is 2. The molecule has 1 saturated heterocycles. The summed E-state index contributed by atoms with van der Waals surface area (Å²) in [4.78, 5) is 13.5. The van der Waals surface area contributed by atoms with Gasteiger partial charge in [0.2, 0.25) is 0 Å². The number of hydrogen-bond donors (Lipinski definition) is 2. The van der Waals surface area contributed by atoms with Gasteiger partial charge in [-0.3, -0.25) is 4.68 Å². The van der Waals surface area contributed by atoms with Crippen molar-refractivity contribution >= 4 is 44.0 Å². The molecule has 3 aromatic heterocycles. The molecule has 1 fully saturated rings. The molecule has 178 valence electrons. The molecule has 10 heteroatoms. The van der Waals surface area contributed by atoms with Crippen LogP contribution in [0.3, 0.4) is 0 Å². The zero-order chi connectivity index (χ0) is 23.8. The SMILES string of the molecule is CC(Oc1cc(-c2cnn(C)c2)cc2ncnc(Nc3ccc4ncsc4c3)c12)C1CNCCO1. The quantitative estimate of drug-likeness (QED) is 0.369. The lowest BCUT2D eigenvalue weighted by Gasteiger charge is -2.29. The summed E-state index contributed by atoms with van der Waals surface area (Å²) in [7, 11) is 1.90. The Morgan fingerprint density at radius 3 is 2.94 bits per heavy atom. The van der Waals surface area contributed by atoms with Crippen LogP contribution in [-0.2, 0) is 11.8 Å². The summed E-state index contributed by atoms with van der Waals surface area (Å²) >= 11 is 1.61. The number of ether oxygens (including phenoxy) is 2. The zero-order valence-electron chi connectivity index (χ0n) is 19.4. The maximum absolute atomic E-state index is 6.55. The van der Waals surface area contributed by atoms with Gasteiger partial charge in [-0.1, -0.05) is 0 Å². The molecule has 2 N–H and O–H groups in total. The third-order valence-electron chi connectivity index (χ3n) is 6.13. The lowest BCUT2D eigenvalue weighted by molar-refractivity contribution is -0.0345. The van der Waals surface area contributed by atoms with E-state index >= 15 is 0 Å². The molecule has 0 amide bonds. The average molecular weight is 488 g/mol. The lowest BCUT2D eigenvalue weighted by Crippen LogP contribution is -2.46. The molecule has 2 aromatic carbocycles. The topological polar surface area (TPSA) is 99.0 Å². The van der Waals surface area contributed by atoms with Crippen molar-refractivity contribution in [1.29, 1.82) is 0 Å². The van der Waals surface area contributed by atoms with Crippen molar-refractivity contribution in [3.63, 3.8) is 0 Å². The van der Waals surface area contributed by atoms with Crippen molar-refractivity contribution in [2.45, 2.75) is 19.1 Å². The number of aromatic nitrogens is 5. The van der Waals surface area contributed by atoms with E-state index in [4.69, 9.17) is 9.47 Å². The Kier molecular flexibility index (Phi) is 5.77. The molecule has 5 aromatic rings. The van der Waals surface area contributed by atoms with E-state index < -0.39 is 0 Å². The van der Waals surface area contributed by atoms with Crippen LogP contribution in [0.15, 0.2) is 54.6 Å². The summed E-state index contributed by atoms with van der Waals surface area (Å²) in [5, 5.41) is 12.0. The van der Waals surface area contributed by atoms with Crippen LogP contribution in [0.2, 0.25) is 0 Å². The fourth-order valence-electron chi connectivity index (χ4n) is 4.31. The normalized spacial score (nSPS) is 17.0. The van der Waals surface area contributed by atoms with Gasteiger partial charge in [-0.15, -0.1) is 11.3 Å². The molecule has 0 aliphatic carbocycles. The number of fused-ring (bicyclic) bond motifs is 2. The minimum absolute atomic E-state index is 0.0457. The molecule has 2 unspecified atom stereocenters. The fraction of sp³-hybridized carbons (Fsp3) is 0.280. The van der Waals surface area contributed by atoms with Gasteiger partial charge < -0.3 is 20.1 Å². The first-order chi connectivity index (χ1) is 17.1. The van der Waals surface area contributed by atoms with Crippen molar-refractivity contribution in [2.24, 2.45) is 7.05 Å².